The number of ether oxygens (including phenoxy) is 1. The summed E-state index contributed by atoms with van der Waals surface area (Å²) in [7, 11) is 3.95. The molecule has 0 bridgehead atoms. The van der Waals surface area contributed by atoms with Crippen molar-refractivity contribution in [2.45, 2.75) is 57.0 Å². The van der Waals surface area contributed by atoms with E-state index < -0.39 is 0 Å². The Hall–Kier alpha value is -1.59. The van der Waals surface area contributed by atoms with Gasteiger partial charge in [0.25, 0.3) is 0 Å². The van der Waals surface area contributed by atoms with Crippen LogP contribution in [-0.2, 0) is 6.42 Å². The monoisotopic (exact) mass is 370 g/mol. The molecule has 2 fully saturated rings. The van der Waals surface area contributed by atoms with Crippen molar-refractivity contribution in [1.82, 2.24) is 15.8 Å². The van der Waals surface area contributed by atoms with Crippen LogP contribution in [0.2, 0.25) is 0 Å². The van der Waals surface area contributed by atoms with E-state index in [0.717, 1.165) is 18.0 Å². The molecule has 1 aromatic rings. The summed E-state index contributed by atoms with van der Waals surface area (Å²) in [6, 6.07) is 8.34. The summed E-state index contributed by atoms with van der Waals surface area (Å²) in [5.74, 6) is 3.27. The molecule has 0 aromatic heterocycles. The van der Waals surface area contributed by atoms with Crippen LogP contribution >= 0.6 is 0 Å². The van der Waals surface area contributed by atoms with Crippen molar-refractivity contribution in [3.63, 3.8) is 0 Å². The lowest BCUT2D eigenvalue weighted by molar-refractivity contribution is 0.0612. The molecule has 4 rings (SSSR count). The number of nitrogens with zero attached hydrogens (tertiary/aromatic N) is 2. The molecule has 0 amide bonds. The Morgan fingerprint density at radius 3 is 2.37 bits per heavy atom. The molecule has 3 aliphatic rings. The minimum absolute atomic E-state index is 0.108. The number of hydrogen-bond donors (Lipinski definition) is 2. The van der Waals surface area contributed by atoms with E-state index in [-0.39, 0.29) is 5.66 Å². The number of amidine groups is 1. The van der Waals surface area contributed by atoms with Gasteiger partial charge in [-0.3, -0.25) is 0 Å². The van der Waals surface area contributed by atoms with Gasteiger partial charge in [-0.15, -0.1) is 0 Å². The topological polar surface area (TPSA) is 48.9 Å². The maximum absolute atomic E-state index is 5.37. The molecular weight excluding hydrogens is 336 g/mol. The number of rotatable bonds is 5. The highest BCUT2D eigenvalue weighted by molar-refractivity contribution is 5.86. The third-order valence-electron chi connectivity index (χ3n) is 6.83. The summed E-state index contributed by atoms with van der Waals surface area (Å²) >= 11 is 0. The largest absolute Gasteiger partial charge is 0.497 e. The Morgan fingerprint density at radius 1 is 1.04 bits per heavy atom. The number of hydrogen-bond acceptors (Lipinski definition) is 5. The molecule has 2 heterocycles. The molecule has 1 unspecified atom stereocenters. The number of aliphatic imine (C=N–C) groups is 1. The van der Waals surface area contributed by atoms with Gasteiger partial charge in [-0.2, -0.15) is 0 Å². The van der Waals surface area contributed by atoms with Gasteiger partial charge in [-0.1, -0.05) is 31.4 Å². The highest BCUT2D eigenvalue weighted by Gasteiger charge is 2.48. The second-order valence-electron chi connectivity index (χ2n) is 8.57. The van der Waals surface area contributed by atoms with Gasteiger partial charge in [0.1, 0.15) is 17.2 Å². The fraction of sp³-hybridized carbons (Fsp3) is 0.682. The van der Waals surface area contributed by atoms with Gasteiger partial charge in [0.2, 0.25) is 0 Å². The summed E-state index contributed by atoms with van der Waals surface area (Å²) in [5.41, 5.74) is 8.37. The highest BCUT2D eigenvalue weighted by atomic mass is 16.5. The maximum Gasteiger partial charge on any atom is 0.134 e. The number of nitrogens with one attached hydrogen (secondary N) is 2. The van der Waals surface area contributed by atoms with E-state index >= 15 is 0 Å². The molecule has 1 aliphatic carbocycles. The number of piperidine rings is 1. The zero-order valence-electron chi connectivity index (χ0n) is 16.8. The van der Waals surface area contributed by atoms with Crippen molar-refractivity contribution in [2.24, 2.45) is 16.8 Å². The molecule has 2 N–H and O–H groups in total. The predicted molar refractivity (Wildman–Crippen MR) is 110 cm³/mol. The van der Waals surface area contributed by atoms with Gasteiger partial charge in [0.15, 0.2) is 0 Å². The van der Waals surface area contributed by atoms with E-state index in [1.165, 1.54) is 63.6 Å². The van der Waals surface area contributed by atoms with Gasteiger partial charge >= 0.3 is 0 Å². The Kier molecular flexibility index (Phi) is 5.69. The van der Waals surface area contributed by atoms with Crippen LogP contribution in [0.5, 0.6) is 5.75 Å². The molecule has 0 radical (unpaired) electrons. The van der Waals surface area contributed by atoms with Crippen molar-refractivity contribution in [3.8, 4) is 5.75 Å². The van der Waals surface area contributed by atoms with Crippen LogP contribution in [0.25, 0.3) is 0 Å². The quantitative estimate of drug-likeness (QED) is 0.834. The van der Waals surface area contributed by atoms with Crippen molar-refractivity contribution in [1.29, 1.82) is 0 Å². The molecule has 1 saturated carbocycles. The molecule has 5 heteroatoms. The van der Waals surface area contributed by atoms with E-state index in [1.54, 1.807) is 7.11 Å². The molecule has 5 nitrogen and oxygen atoms in total. The van der Waals surface area contributed by atoms with Crippen LogP contribution in [0.15, 0.2) is 29.3 Å². The van der Waals surface area contributed by atoms with Crippen LogP contribution in [0, 0.1) is 11.8 Å². The lowest BCUT2D eigenvalue weighted by atomic mass is 9.71. The molecule has 1 atom stereocenters. The number of hydrazine groups is 1. The fourth-order valence-corrected chi connectivity index (χ4v) is 5.18. The molecule has 2 aliphatic heterocycles. The predicted octanol–water partition coefficient (Wildman–Crippen LogP) is 3.36. The van der Waals surface area contributed by atoms with Crippen LogP contribution in [0.4, 0.5) is 0 Å². The minimum Gasteiger partial charge on any atom is -0.497 e. The van der Waals surface area contributed by atoms with E-state index in [2.05, 4.69) is 34.9 Å². The molecule has 1 saturated heterocycles. The first-order valence-corrected chi connectivity index (χ1v) is 10.6. The van der Waals surface area contributed by atoms with Crippen molar-refractivity contribution in [2.75, 3.05) is 27.2 Å². The average Bonchev–Trinajstić information content (AvgIpc) is 3.15. The SMILES string of the molecule is COc1ccc(CC2=NC(C3CCCCC3)(C3CCN(C)CC3)NN2)cc1. The number of methoxy groups -OCH3 is 1. The second-order valence-corrected chi connectivity index (χ2v) is 8.57. The first-order valence-electron chi connectivity index (χ1n) is 10.6. The standard InChI is InChI=1S/C22H34N4O/c1-26-14-12-19(13-15-26)22(18-6-4-3-5-7-18)23-21(24-25-22)16-17-8-10-20(27-2)11-9-17/h8-11,18-19,25H,3-7,12-16H2,1-2H3,(H,23,24). The van der Waals surface area contributed by atoms with E-state index in [4.69, 9.17) is 9.73 Å². The second kappa shape index (κ2) is 8.19. The Labute approximate surface area is 163 Å². The molecule has 1 aromatic carbocycles. The molecule has 148 valence electrons. The normalized spacial score (nSPS) is 28.0. The zero-order chi connectivity index (χ0) is 18.7. The van der Waals surface area contributed by atoms with Crippen LogP contribution in [0.1, 0.15) is 50.5 Å². The van der Waals surface area contributed by atoms with E-state index in [1.807, 2.05) is 12.1 Å². The Bertz CT molecular complexity index is 645. The average molecular weight is 371 g/mol. The van der Waals surface area contributed by atoms with Crippen LogP contribution < -0.4 is 15.6 Å². The third kappa shape index (κ3) is 3.99. The molecular formula is C22H34N4O. The zero-order valence-corrected chi connectivity index (χ0v) is 16.8. The third-order valence-corrected chi connectivity index (χ3v) is 6.83. The summed E-state index contributed by atoms with van der Waals surface area (Å²) < 4.78 is 5.28. The van der Waals surface area contributed by atoms with Gasteiger partial charge in [0, 0.05) is 12.3 Å². The Morgan fingerprint density at radius 2 is 1.70 bits per heavy atom. The number of likely N-dealkylation sites (tertiary alicyclic amines) is 1. The van der Waals surface area contributed by atoms with Crippen molar-refractivity contribution >= 4 is 5.84 Å². The van der Waals surface area contributed by atoms with Gasteiger partial charge in [-0.25, -0.2) is 10.4 Å². The van der Waals surface area contributed by atoms with Crippen molar-refractivity contribution in [3.05, 3.63) is 29.8 Å². The first-order chi connectivity index (χ1) is 13.2. The number of benzene rings is 1. The fourth-order valence-electron chi connectivity index (χ4n) is 5.18. The van der Waals surface area contributed by atoms with Gasteiger partial charge < -0.3 is 15.1 Å². The Balaban J connectivity index is 1.55. The van der Waals surface area contributed by atoms with Crippen LogP contribution in [-0.4, -0.2) is 43.6 Å². The van der Waals surface area contributed by atoms with Gasteiger partial charge in [-0.05, 0) is 69.4 Å². The molecule has 27 heavy (non-hydrogen) atoms. The summed E-state index contributed by atoms with van der Waals surface area (Å²) in [5, 5.41) is 0. The lowest BCUT2D eigenvalue weighted by Gasteiger charge is -2.45. The summed E-state index contributed by atoms with van der Waals surface area (Å²) in [4.78, 5) is 7.83. The summed E-state index contributed by atoms with van der Waals surface area (Å²) in [6.45, 7) is 2.37. The van der Waals surface area contributed by atoms with Gasteiger partial charge in [0.05, 0.1) is 7.11 Å². The smallest absolute Gasteiger partial charge is 0.134 e. The van der Waals surface area contributed by atoms with E-state index in [0.29, 0.717) is 11.8 Å². The van der Waals surface area contributed by atoms with Crippen molar-refractivity contribution < 1.29 is 4.74 Å². The van der Waals surface area contributed by atoms with E-state index in [9.17, 15) is 0 Å². The maximum atomic E-state index is 5.37. The molecule has 0 spiro atoms. The first kappa shape index (κ1) is 18.8. The summed E-state index contributed by atoms with van der Waals surface area (Å²) in [6.07, 6.45) is 10.0. The minimum atomic E-state index is -0.108. The lowest BCUT2D eigenvalue weighted by Crippen LogP contribution is -2.58. The van der Waals surface area contributed by atoms with Crippen LogP contribution in [0.3, 0.4) is 0 Å². The highest BCUT2D eigenvalue weighted by Crippen LogP contribution is 2.43.